The van der Waals surface area contributed by atoms with Crippen molar-refractivity contribution in [3.05, 3.63) is 11.8 Å². The van der Waals surface area contributed by atoms with E-state index in [1.54, 1.807) is 7.05 Å². The van der Waals surface area contributed by atoms with Crippen LogP contribution in [0.2, 0.25) is 0 Å². The molecule has 0 spiro atoms. The van der Waals surface area contributed by atoms with Crippen LogP contribution < -0.4 is 5.32 Å². The quantitative estimate of drug-likeness (QED) is 0.648. The number of nitrogens with zero attached hydrogens (tertiary/aromatic N) is 2. The molecule has 0 aliphatic rings. The standard InChI is InChI=1S/C8H10F5N3O/c1-14-4-2-3-5-15-16-6(17-5)7(9,10)8(11,12)13/h14H,2-4H2,1H3. The summed E-state index contributed by atoms with van der Waals surface area (Å²) < 4.78 is 65.6. The van der Waals surface area contributed by atoms with Crippen LogP contribution in [-0.4, -0.2) is 30.0 Å². The molecule has 1 heterocycles. The SMILES string of the molecule is CNCCCc1nnc(C(F)(F)C(F)(F)F)o1. The number of alkyl halides is 5. The molecule has 0 aliphatic heterocycles. The Kier molecular flexibility index (Phi) is 4.02. The lowest BCUT2D eigenvalue weighted by Gasteiger charge is -2.14. The van der Waals surface area contributed by atoms with Crippen LogP contribution >= 0.6 is 0 Å². The summed E-state index contributed by atoms with van der Waals surface area (Å²) in [4.78, 5) is 0. The molecule has 4 nitrogen and oxygen atoms in total. The van der Waals surface area contributed by atoms with Crippen LogP contribution in [0.4, 0.5) is 22.0 Å². The third-order valence-corrected chi connectivity index (χ3v) is 1.91. The van der Waals surface area contributed by atoms with Gasteiger partial charge >= 0.3 is 12.1 Å². The Morgan fingerprint density at radius 2 is 1.82 bits per heavy atom. The lowest BCUT2D eigenvalue weighted by molar-refractivity contribution is -0.297. The molecule has 98 valence electrons. The number of aryl methyl sites for hydroxylation is 1. The minimum Gasteiger partial charge on any atom is -0.419 e. The Bertz CT molecular complexity index is 362. The summed E-state index contributed by atoms with van der Waals surface area (Å²) in [6.07, 6.45) is -5.10. The van der Waals surface area contributed by atoms with Crippen molar-refractivity contribution in [3.8, 4) is 0 Å². The fraction of sp³-hybridized carbons (Fsp3) is 0.750. The van der Waals surface area contributed by atoms with Crippen LogP contribution in [0, 0.1) is 0 Å². The van der Waals surface area contributed by atoms with Gasteiger partial charge in [-0.25, -0.2) is 0 Å². The van der Waals surface area contributed by atoms with E-state index in [4.69, 9.17) is 0 Å². The van der Waals surface area contributed by atoms with Gasteiger partial charge in [-0.15, -0.1) is 10.2 Å². The molecule has 0 unspecified atom stereocenters. The second-order valence-electron chi connectivity index (χ2n) is 3.28. The summed E-state index contributed by atoms with van der Waals surface area (Å²) in [7, 11) is 1.68. The topological polar surface area (TPSA) is 51.0 Å². The van der Waals surface area contributed by atoms with Gasteiger partial charge < -0.3 is 9.73 Å². The van der Waals surface area contributed by atoms with Crippen LogP contribution in [0.5, 0.6) is 0 Å². The molecule has 9 heteroatoms. The lowest BCUT2D eigenvalue weighted by Crippen LogP contribution is -2.34. The van der Waals surface area contributed by atoms with Crippen molar-refractivity contribution in [3.63, 3.8) is 0 Å². The summed E-state index contributed by atoms with van der Waals surface area (Å²) in [6.45, 7) is 0.563. The zero-order valence-corrected chi connectivity index (χ0v) is 8.81. The van der Waals surface area contributed by atoms with E-state index in [-0.39, 0.29) is 12.3 Å². The highest BCUT2D eigenvalue weighted by molar-refractivity contribution is 4.95. The van der Waals surface area contributed by atoms with E-state index in [1.165, 1.54) is 0 Å². The molecular weight excluding hydrogens is 249 g/mol. The first-order chi connectivity index (χ1) is 7.79. The molecule has 0 amide bonds. The summed E-state index contributed by atoms with van der Waals surface area (Å²) in [5.74, 6) is -7.06. The van der Waals surface area contributed by atoms with Crippen molar-refractivity contribution < 1.29 is 26.4 Å². The van der Waals surface area contributed by atoms with Gasteiger partial charge in [0, 0.05) is 6.42 Å². The highest BCUT2D eigenvalue weighted by Crippen LogP contribution is 2.43. The minimum absolute atomic E-state index is 0.141. The first kappa shape index (κ1) is 13.8. The molecule has 0 atom stereocenters. The van der Waals surface area contributed by atoms with Crippen LogP contribution in [-0.2, 0) is 12.3 Å². The number of aromatic nitrogens is 2. The molecule has 0 aromatic carbocycles. The van der Waals surface area contributed by atoms with Gasteiger partial charge in [-0.3, -0.25) is 0 Å². The third-order valence-electron chi connectivity index (χ3n) is 1.91. The maximum atomic E-state index is 12.7. The van der Waals surface area contributed by atoms with Gasteiger partial charge in [0.2, 0.25) is 5.89 Å². The normalized spacial score (nSPS) is 13.1. The van der Waals surface area contributed by atoms with Gasteiger partial charge in [0.05, 0.1) is 0 Å². The predicted molar refractivity (Wildman–Crippen MR) is 46.5 cm³/mol. The van der Waals surface area contributed by atoms with E-state index < -0.39 is 18.0 Å². The van der Waals surface area contributed by atoms with Crippen molar-refractivity contribution in [1.82, 2.24) is 15.5 Å². The fourth-order valence-electron chi connectivity index (χ4n) is 1.02. The second kappa shape index (κ2) is 4.94. The van der Waals surface area contributed by atoms with Crippen molar-refractivity contribution in [2.24, 2.45) is 0 Å². The lowest BCUT2D eigenvalue weighted by atomic mass is 10.3. The molecule has 1 aromatic heterocycles. The van der Waals surface area contributed by atoms with Gasteiger partial charge in [-0.05, 0) is 20.0 Å². The minimum atomic E-state index is -5.73. The van der Waals surface area contributed by atoms with Gasteiger partial charge in [0.15, 0.2) is 0 Å². The van der Waals surface area contributed by atoms with E-state index in [1.807, 2.05) is 0 Å². The maximum absolute atomic E-state index is 12.7. The van der Waals surface area contributed by atoms with Crippen molar-refractivity contribution in [1.29, 1.82) is 0 Å². The van der Waals surface area contributed by atoms with Gasteiger partial charge in [0.1, 0.15) is 0 Å². The summed E-state index contributed by atoms with van der Waals surface area (Å²) in [5.41, 5.74) is 0. The predicted octanol–water partition coefficient (Wildman–Crippen LogP) is 1.88. The molecule has 0 fully saturated rings. The second-order valence-corrected chi connectivity index (χ2v) is 3.28. The Morgan fingerprint density at radius 3 is 2.35 bits per heavy atom. The monoisotopic (exact) mass is 259 g/mol. The number of hydrogen-bond donors (Lipinski definition) is 1. The van der Waals surface area contributed by atoms with Crippen molar-refractivity contribution >= 4 is 0 Å². The molecule has 0 saturated carbocycles. The van der Waals surface area contributed by atoms with Crippen molar-refractivity contribution in [2.75, 3.05) is 13.6 Å². The van der Waals surface area contributed by atoms with Crippen LogP contribution in [0.1, 0.15) is 18.2 Å². The number of nitrogens with one attached hydrogen (secondary N) is 1. The van der Waals surface area contributed by atoms with Gasteiger partial charge in [0.25, 0.3) is 5.89 Å². The summed E-state index contributed by atoms with van der Waals surface area (Å²) in [6, 6.07) is 0. The number of halogens is 5. The Hall–Kier alpha value is -1.25. The largest absolute Gasteiger partial charge is 0.463 e. The van der Waals surface area contributed by atoms with E-state index >= 15 is 0 Å². The Balaban J connectivity index is 2.74. The molecule has 1 N–H and O–H groups in total. The Morgan fingerprint density at radius 1 is 1.18 bits per heavy atom. The highest BCUT2D eigenvalue weighted by atomic mass is 19.4. The van der Waals surface area contributed by atoms with Gasteiger partial charge in [-0.2, -0.15) is 22.0 Å². The average molecular weight is 259 g/mol. The molecular formula is C8H10F5N3O. The third kappa shape index (κ3) is 3.11. The molecule has 0 bridgehead atoms. The maximum Gasteiger partial charge on any atom is 0.463 e. The average Bonchev–Trinajstić information content (AvgIpc) is 2.65. The molecule has 17 heavy (non-hydrogen) atoms. The summed E-state index contributed by atoms with van der Waals surface area (Å²) >= 11 is 0. The van der Waals surface area contributed by atoms with E-state index in [9.17, 15) is 22.0 Å². The van der Waals surface area contributed by atoms with Crippen LogP contribution in [0.15, 0.2) is 4.42 Å². The zero-order chi connectivity index (χ0) is 13.1. The number of rotatable bonds is 5. The first-order valence-electron chi connectivity index (χ1n) is 4.71. The molecule has 0 aliphatic carbocycles. The van der Waals surface area contributed by atoms with Gasteiger partial charge in [-0.1, -0.05) is 0 Å². The summed E-state index contributed by atoms with van der Waals surface area (Å²) in [5, 5.41) is 8.65. The molecule has 1 rings (SSSR count). The van der Waals surface area contributed by atoms with E-state index in [2.05, 4.69) is 19.9 Å². The van der Waals surface area contributed by atoms with E-state index in [0.29, 0.717) is 13.0 Å². The smallest absolute Gasteiger partial charge is 0.419 e. The number of hydrogen-bond acceptors (Lipinski definition) is 4. The first-order valence-corrected chi connectivity index (χ1v) is 4.71. The molecule has 0 saturated heterocycles. The molecule has 1 aromatic rings. The van der Waals surface area contributed by atoms with Crippen LogP contribution in [0.3, 0.4) is 0 Å². The zero-order valence-electron chi connectivity index (χ0n) is 8.81. The molecule has 0 radical (unpaired) electrons. The van der Waals surface area contributed by atoms with Crippen LogP contribution in [0.25, 0.3) is 0 Å². The fourth-order valence-corrected chi connectivity index (χ4v) is 1.02. The highest BCUT2D eigenvalue weighted by Gasteiger charge is 2.62. The van der Waals surface area contributed by atoms with Crippen molar-refractivity contribution in [2.45, 2.75) is 24.9 Å². The van der Waals surface area contributed by atoms with E-state index in [0.717, 1.165) is 0 Å². The Labute approximate surface area is 93.2 Å².